The van der Waals surface area contributed by atoms with Crippen LogP contribution in [-0.2, 0) is 14.3 Å². The first-order valence-electron chi connectivity index (χ1n) is 10.8. The van der Waals surface area contributed by atoms with Gasteiger partial charge in [-0.1, -0.05) is 38.4 Å². The molecule has 188 valence electrons. The minimum atomic E-state index is -3.63. The van der Waals surface area contributed by atoms with Crippen molar-refractivity contribution in [1.29, 1.82) is 0 Å². The largest absolute Gasteiger partial charge is 0.414 e. The molecule has 3 rings (SSSR count). The monoisotopic (exact) mass is 538 g/mol. The zero-order valence-corrected chi connectivity index (χ0v) is 23.0. The summed E-state index contributed by atoms with van der Waals surface area (Å²) in [5.41, 5.74) is 0.256. The third-order valence-electron chi connectivity index (χ3n) is 6.13. The van der Waals surface area contributed by atoms with E-state index < -0.39 is 35.7 Å². The van der Waals surface area contributed by atoms with Gasteiger partial charge in [-0.3, -0.25) is 4.57 Å². The van der Waals surface area contributed by atoms with E-state index in [0.29, 0.717) is 5.56 Å². The summed E-state index contributed by atoms with van der Waals surface area (Å²) in [6.45, 7) is 10.6. The number of rotatable bonds is 7. The van der Waals surface area contributed by atoms with Gasteiger partial charge in [-0.2, -0.15) is 4.98 Å². The van der Waals surface area contributed by atoms with Crippen molar-refractivity contribution >= 4 is 29.8 Å². The predicted molar refractivity (Wildman–Crippen MR) is 135 cm³/mol. The molecule has 2 heterocycles. The smallest absolute Gasteiger partial charge is 0.348 e. The lowest BCUT2D eigenvalue weighted by Gasteiger charge is -2.37. The Bertz CT molecular complexity index is 1410. The minimum absolute atomic E-state index is 0.0240. The SMILES string of the molecule is CC(C)(C)[Si](C)(C)OCC(c1ccc(Cl)c(F)c1)n1ccc(-c2ccnc(S(C)(=O)=O)n2)nc1=O. The van der Waals surface area contributed by atoms with Gasteiger partial charge in [-0.25, -0.2) is 27.6 Å². The van der Waals surface area contributed by atoms with Crippen LogP contribution in [0.3, 0.4) is 0 Å². The minimum Gasteiger partial charge on any atom is -0.414 e. The Labute approximate surface area is 210 Å². The van der Waals surface area contributed by atoms with Gasteiger partial charge in [-0.15, -0.1) is 0 Å². The fourth-order valence-corrected chi connectivity index (χ4v) is 4.66. The van der Waals surface area contributed by atoms with Crippen LogP contribution in [0.4, 0.5) is 4.39 Å². The summed E-state index contributed by atoms with van der Waals surface area (Å²) >= 11 is 5.87. The highest BCUT2D eigenvalue weighted by Crippen LogP contribution is 2.37. The number of sulfone groups is 1. The second kappa shape index (κ2) is 9.88. The first-order valence-corrected chi connectivity index (χ1v) is 16.0. The maximum Gasteiger partial charge on any atom is 0.348 e. The van der Waals surface area contributed by atoms with Crippen molar-refractivity contribution in [3.05, 3.63) is 69.6 Å². The summed E-state index contributed by atoms with van der Waals surface area (Å²) in [5.74, 6) is -0.603. The van der Waals surface area contributed by atoms with Gasteiger partial charge in [-0.05, 0) is 48.0 Å². The molecule has 0 radical (unpaired) electrons. The highest BCUT2D eigenvalue weighted by Gasteiger charge is 2.38. The Morgan fingerprint density at radius 1 is 1.14 bits per heavy atom. The molecule has 0 aliphatic rings. The fourth-order valence-electron chi connectivity index (χ4n) is 3.02. The van der Waals surface area contributed by atoms with Crippen LogP contribution in [0.5, 0.6) is 0 Å². The van der Waals surface area contributed by atoms with Crippen molar-refractivity contribution in [3.63, 3.8) is 0 Å². The van der Waals surface area contributed by atoms with Crippen LogP contribution in [-0.4, -0.2) is 49.1 Å². The average molecular weight is 539 g/mol. The molecule has 0 aliphatic carbocycles. The zero-order valence-electron chi connectivity index (χ0n) is 20.4. The van der Waals surface area contributed by atoms with Crippen molar-refractivity contribution < 1.29 is 17.2 Å². The maximum absolute atomic E-state index is 14.3. The fraction of sp³-hybridized carbons (Fsp3) is 0.391. The lowest BCUT2D eigenvalue weighted by Crippen LogP contribution is -2.43. The molecule has 8 nitrogen and oxygen atoms in total. The van der Waals surface area contributed by atoms with Crippen molar-refractivity contribution in [2.75, 3.05) is 12.9 Å². The van der Waals surface area contributed by atoms with Crippen molar-refractivity contribution in [1.82, 2.24) is 19.5 Å². The molecule has 1 atom stereocenters. The van der Waals surface area contributed by atoms with Gasteiger partial charge in [0.2, 0.25) is 15.0 Å². The molecule has 0 spiro atoms. The van der Waals surface area contributed by atoms with Gasteiger partial charge in [0, 0.05) is 18.6 Å². The van der Waals surface area contributed by atoms with Gasteiger partial charge >= 0.3 is 5.69 Å². The molecule has 0 saturated carbocycles. The Hall–Kier alpha value is -2.47. The van der Waals surface area contributed by atoms with Crippen molar-refractivity contribution in [3.8, 4) is 11.4 Å². The van der Waals surface area contributed by atoms with E-state index in [0.717, 1.165) is 6.26 Å². The maximum atomic E-state index is 14.3. The first-order chi connectivity index (χ1) is 16.1. The van der Waals surface area contributed by atoms with Crippen molar-refractivity contribution in [2.24, 2.45) is 0 Å². The first kappa shape index (κ1) is 27.1. The molecule has 0 aliphatic heterocycles. The van der Waals surface area contributed by atoms with Crippen LogP contribution < -0.4 is 5.69 Å². The normalized spacial score (nSPS) is 13.6. The molecular weight excluding hydrogens is 511 g/mol. The number of benzene rings is 1. The number of aromatic nitrogens is 4. The Morgan fingerprint density at radius 3 is 2.37 bits per heavy atom. The van der Waals surface area contributed by atoms with Crippen molar-refractivity contribution in [2.45, 2.75) is 50.1 Å². The molecule has 0 amide bonds. The van der Waals surface area contributed by atoms with Crippen LogP contribution in [0.15, 0.2) is 52.7 Å². The number of hydrogen-bond acceptors (Lipinski definition) is 7. The lowest BCUT2D eigenvalue weighted by atomic mass is 10.1. The van der Waals surface area contributed by atoms with Gasteiger partial charge in [0.05, 0.1) is 29.1 Å². The average Bonchev–Trinajstić information content (AvgIpc) is 2.75. The second-order valence-electron chi connectivity index (χ2n) is 9.76. The van der Waals surface area contributed by atoms with Gasteiger partial charge in [0.15, 0.2) is 8.32 Å². The van der Waals surface area contributed by atoms with Gasteiger partial charge < -0.3 is 4.43 Å². The third-order valence-corrected chi connectivity index (χ3v) is 11.8. The molecule has 3 aromatic rings. The van der Waals surface area contributed by atoms with Crippen LogP contribution in [0.1, 0.15) is 32.4 Å². The molecule has 0 saturated heterocycles. The molecule has 0 bridgehead atoms. The Balaban J connectivity index is 2.05. The van der Waals surface area contributed by atoms with E-state index in [9.17, 15) is 17.6 Å². The molecule has 0 N–H and O–H groups in total. The molecule has 35 heavy (non-hydrogen) atoms. The van der Waals surface area contributed by atoms with E-state index in [2.05, 4.69) is 48.8 Å². The highest BCUT2D eigenvalue weighted by atomic mass is 35.5. The zero-order chi connectivity index (χ0) is 26.2. The third kappa shape index (κ3) is 6.21. The lowest BCUT2D eigenvalue weighted by molar-refractivity contribution is 0.245. The summed E-state index contributed by atoms with van der Waals surface area (Å²) in [5, 5.41) is -0.456. The topological polar surface area (TPSA) is 104 Å². The van der Waals surface area contributed by atoms with Crippen LogP contribution in [0, 0.1) is 5.82 Å². The molecular formula is C23H28ClFN4O4SSi. The van der Waals surface area contributed by atoms with E-state index in [1.807, 2.05) is 0 Å². The van der Waals surface area contributed by atoms with Gasteiger partial charge in [0.25, 0.3) is 0 Å². The van der Waals surface area contributed by atoms with E-state index in [1.165, 1.54) is 35.2 Å². The quantitative estimate of drug-likeness (QED) is 0.322. The van der Waals surface area contributed by atoms with Crippen LogP contribution >= 0.6 is 11.6 Å². The summed E-state index contributed by atoms with van der Waals surface area (Å²) in [6, 6.07) is 6.71. The Morgan fingerprint density at radius 2 is 1.80 bits per heavy atom. The summed E-state index contributed by atoms with van der Waals surface area (Å²) in [7, 11) is -5.83. The summed E-state index contributed by atoms with van der Waals surface area (Å²) < 4.78 is 45.6. The van der Waals surface area contributed by atoms with Crippen LogP contribution in [0.25, 0.3) is 11.4 Å². The number of halogens is 2. The molecule has 1 unspecified atom stereocenters. The highest BCUT2D eigenvalue weighted by molar-refractivity contribution is 7.90. The molecule has 2 aromatic heterocycles. The standard InChI is InChI=1S/C23H28ClFN4O4SSi/c1-23(2,3)35(5,6)33-14-20(15-7-8-16(24)17(25)13-15)29-12-10-19(28-22(29)30)18-9-11-26-21(27-18)34(4,31)32/h7-13,20H,14H2,1-6H3. The summed E-state index contributed by atoms with van der Waals surface area (Å²) in [6.07, 6.45) is 3.80. The van der Waals surface area contributed by atoms with E-state index in [4.69, 9.17) is 16.0 Å². The van der Waals surface area contributed by atoms with E-state index >= 15 is 0 Å². The molecule has 0 fully saturated rings. The van der Waals surface area contributed by atoms with E-state index in [-0.39, 0.29) is 33.2 Å². The van der Waals surface area contributed by atoms with Crippen LogP contribution in [0.2, 0.25) is 23.2 Å². The molecule has 1 aromatic carbocycles. The Kier molecular flexibility index (Phi) is 7.66. The summed E-state index contributed by atoms with van der Waals surface area (Å²) in [4.78, 5) is 25.0. The van der Waals surface area contributed by atoms with Gasteiger partial charge in [0.1, 0.15) is 5.82 Å². The number of hydrogen-bond donors (Lipinski definition) is 0. The number of nitrogens with zero attached hydrogens (tertiary/aromatic N) is 4. The van der Waals surface area contributed by atoms with E-state index in [1.54, 1.807) is 12.1 Å². The second-order valence-corrected chi connectivity index (χ2v) is 16.9. The predicted octanol–water partition coefficient (Wildman–Crippen LogP) is 4.51. The molecule has 12 heteroatoms.